The minimum atomic E-state index is -0.280. The Balaban J connectivity index is 0.00000784. The topological polar surface area (TPSA) is 84.0 Å². The molecule has 7 nitrogen and oxygen atoms in total. The van der Waals surface area contributed by atoms with E-state index in [0.717, 1.165) is 17.9 Å². The number of carbonyl (C=O) groups is 1. The molecule has 0 bridgehead atoms. The lowest BCUT2D eigenvalue weighted by Gasteiger charge is -2.20. The van der Waals surface area contributed by atoms with Crippen LogP contribution in [0.25, 0.3) is 0 Å². The van der Waals surface area contributed by atoms with Crippen LogP contribution in [0.5, 0.6) is 5.75 Å². The first kappa shape index (κ1) is 27.5. The van der Waals surface area contributed by atoms with Crippen LogP contribution in [0, 0.1) is 0 Å². The van der Waals surface area contributed by atoms with Crippen molar-refractivity contribution >= 4 is 41.5 Å². The monoisotopic (exact) mass is 520 g/mol. The highest BCUT2D eigenvalue weighted by atomic mass is 127. The first-order valence-electron chi connectivity index (χ1n) is 9.90. The molecule has 0 aliphatic rings. The molecular formula is C21H37IN4O3. The van der Waals surface area contributed by atoms with E-state index in [4.69, 9.17) is 9.47 Å². The van der Waals surface area contributed by atoms with Crippen LogP contribution in [0.2, 0.25) is 0 Å². The number of guanidine groups is 1. The van der Waals surface area contributed by atoms with E-state index in [9.17, 15) is 4.79 Å². The Morgan fingerprint density at radius 3 is 2.38 bits per heavy atom. The summed E-state index contributed by atoms with van der Waals surface area (Å²) in [4.78, 5) is 16.5. The average molecular weight is 520 g/mol. The highest BCUT2D eigenvalue weighted by Gasteiger charge is 2.13. The second-order valence-corrected chi connectivity index (χ2v) is 7.76. The van der Waals surface area contributed by atoms with Crippen molar-refractivity contribution in [3.05, 3.63) is 24.3 Å². The summed E-state index contributed by atoms with van der Waals surface area (Å²) in [5.74, 6) is 1.25. The molecule has 3 N–H and O–H groups in total. The molecule has 0 aliphatic heterocycles. The highest BCUT2D eigenvalue weighted by Crippen LogP contribution is 2.16. The number of nitrogens with zero attached hydrogens (tertiary/aromatic N) is 1. The van der Waals surface area contributed by atoms with Gasteiger partial charge >= 0.3 is 0 Å². The number of nitrogens with one attached hydrogen (secondary N) is 3. The van der Waals surface area contributed by atoms with Gasteiger partial charge in [0.25, 0.3) is 0 Å². The molecule has 0 atom stereocenters. The number of hydrogen-bond acceptors (Lipinski definition) is 4. The quantitative estimate of drug-likeness (QED) is 0.189. The Morgan fingerprint density at radius 1 is 1.17 bits per heavy atom. The van der Waals surface area contributed by atoms with E-state index in [1.807, 2.05) is 65.8 Å². The van der Waals surface area contributed by atoms with Crippen LogP contribution in [-0.4, -0.2) is 49.8 Å². The molecule has 0 unspecified atom stereocenters. The Hall–Kier alpha value is -1.55. The van der Waals surface area contributed by atoms with Gasteiger partial charge in [-0.1, -0.05) is 0 Å². The fraction of sp³-hybridized carbons (Fsp3) is 0.619. The summed E-state index contributed by atoms with van der Waals surface area (Å²) in [7, 11) is 0. The molecular weight excluding hydrogens is 483 g/mol. The maximum absolute atomic E-state index is 12.1. The maximum atomic E-state index is 12.1. The molecule has 0 aliphatic carbocycles. The van der Waals surface area contributed by atoms with E-state index in [0.29, 0.717) is 25.7 Å². The smallest absolute Gasteiger partial charge is 0.242 e. The molecule has 1 amide bonds. The summed E-state index contributed by atoms with van der Waals surface area (Å²) < 4.78 is 11.0. The fourth-order valence-electron chi connectivity index (χ4n) is 2.30. The van der Waals surface area contributed by atoms with Gasteiger partial charge in [-0.2, -0.15) is 0 Å². The van der Waals surface area contributed by atoms with Gasteiger partial charge in [-0.15, -0.1) is 24.0 Å². The fourth-order valence-corrected chi connectivity index (χ4v) is 2.30. The van der Waals surface area contributed by atoms with Crippen LogP contribution in [-0.2, 0) is 9.53 Å². The van der Waals surface area contributed by atoms with Crippen LogP contribution < -0.4 is 20.7 Å². The third-order valence-electron chi connectivity index (χ3n) is 3.35. The predicted molar refractivity (Wildman–Crippen MR) is 131 cm³/mol. The minimum Gasteiger partial charge on any atom is -0.491 e. The number of amides is 1. The van der Waals surface area contributed by atoms with Crippen molar-refractivity contribution in [2.24, 2.45) is 4.99 Å². The number of benzene rings is 1. The van der Waals surface area contributed by atoms with E-state index in [-0.39, 0.29) is 48.1 Å². The lowest BCUT2D eigenvalue weighted by Crippen LogP contribution is -2.42. The lowest BCUT2D eigenvalue weighted by atomic mass is 10.1. The van der Waals surface area contributed by atoms with Crippen LogP contribution in [0.3, 0.4) is 0 Å². The first-order chi connectivity index (χ1) is 13.2. The second-order valence-electron chi connectivity index (χ2n) is 7.76. The molecule has 1 rings (SSSR count). The van der Waals surface area contributed by atoms with Crippen LogP contribution in [0.1, 0.15) is 48.0 Å². The summed E-state index contributed by atoms with van der Waals surface area (Å²) in [6.45, 7) is 13.9. The Labute approximate surface area is 192 Å². The molecule has 0 fully saturated rings. The number of anilines is 1. The normalized spacial score (nSPS) is 11.6. The van der Waals surface area contributed by atoms with Crippen molar-refractivity contribution in [2.75, 3.05) is 31.6 Å². The van der Waals surface area contributed by atoms with Crippen LogP contribution >= 0.6 is 24.0 Å². The summed E-state index contributed by atoms with van der Waals surface area (Å²) in [6.07, 6.45) is 0.980. The SMILES string of the molecule is CCOCCCNC(=NCC(=O)NC(C)(C)C)Nc1ccc(OC(C)C)cc1.I. The molecule has 29 heavy (non-hydrogen) atoms. The zero-order chi connectivity index (χ0) is 21.0. The Morgan fingerprint density at radius 2 is 1.83 bits per heavy atom. The first-order valence-corrected chi connectivity index (χ1v) is 9.90. The molecule has 0 heterocycles. The van der Waals surface area contributed by atoms with Gasteiger partial charge in [0.15, 0.2) is 5.96 Å². The summed E-state index contributed by atoms with van der Waals surface area (Å²) >= 11 is 0. The number of hydrogen-bond donors (Lipinski definition) is 3. The number of halogens is 1. The van der Waals surface area contributed by atoms with Gasteiger partial charge in [0.2, 0.25) is 5.91 Å². The van der Waals surface area contributed by atoms with Gasteiger partial charge in [0, 0.05) is 31.0 Å². The summed E-state index contributed by atoms with van der Waals surface area (Å²) in [5, 5.41) is 9.38. The van der Waals surface area contributed by atoms with Gasteiger partial charge in [-0.25, -0.2) is 4.99 Å². The lowest BCUT2D eigenvalue weighted by molar-refractivity contribution is -0.121. The van der Waals surface area contributed by atoms with Crippen molar-refractivity contribution in [2.45, 2.75) is 59.6 Å². The van der Waals surface area contributed by atoms with Crippen molar-refractivity contribution in [1.82, 2.24) is 10.6 Å². The molecule has 0 aromatic heterocycles. The van der Waals surface area contributed by atoms with Gasteiger partial charge in [0.1, 0.15) is 12.3 Å². The Kier molecular flexibility index (Phi) is 13.7. The van der Waals surface area contributed by atoms with Crippen molar-refractivity contribution in [3.63, 3.8) is 0 Å². The van der Waals surface area contributed by atoms with E-state index in [1.54, 1.807) is 0 Å². The molecule has 0 radical (unpaired) electrons. The largest absolute Gasteiger partial charge is 0.491 e. The zero-order valence-electron chi connectivity index (χ0n) is 18.5. The standard InChI is InChI=1S/C21H36N4O3.HI/c1-7-27-14-8-13-22-20(23-15-19(26)25-21(4,5)6)24-17-9-11-18(12-10-17)28-16(2)3;/h9-12,16H,7-8,13-15H2,1-6H3,(H,25,26)(H2,22,23,24);1H. The second kappa shape index (κ2) is 14.4. The number of rotatable bonds is 10. The number of aliphatic imine (C=N–C) groups is 1. The van der Waals surface area contributed by atoms with Gasteiger partial charge < -0.3 is 25.4 Å². The van der Waals surface area contributed by atoms with Crippen LogP contribution in [0.15, 0.2) is 29.3 Å². The predicted octanol–water partition coefficient (Wildman–Crippen LogP) is 3.79. The third kappa shape index (κ3) is 14.1. The maximum Gasteiger partial charge on any atom is 0.242 e. The summed E-state index contributed by atoms with van der Waals surface area (Å²) in [5.41, 5.74) is 0.584. The van der Waals surface area contributed by atoms with Crippen molar-refractivity contribution in [3.8, 4) is 5.75 Å². The molecule has 0 saturated heterocycles. The van der Waals surface area contributed by atoms with Crippen molar-refractivity contribution in [1.29, 1.82) is 0 Å². The highest BCUT2D eigenvalue weighted by molar-refractivity contribution is 14.0. The van der Waals surface area contributed by atoms with Gasteiger partial charge in [0.05, 0.1) is 6.10 Å². The van der Waals surface area contributed by atoms with E-state index < -0.39 is 0 Å². The minimum absolute atomic E-state index is 0. The van der Waals surface area contributed by atoms with E-state index >= 15 is 0 Å². The van der Waals surface area contributed by atoms with Crippen molar-refractivity contribution < 1.29 is 14.3 Å². The number of carbonyl (C=O) groups excluding carboxylic acids is 1. The van der Waals surface area contributed by atoms with E-state index in [1.165, 1.54) is 0 Å². The molecule has 8 heteroatoms. The van der Waals surface area contributed by atoms with E-state index in [2.05, 4.69) is 20.9 Å². The number of ether oxygens (including phenoxy) is 2. The Bertz CT molecular complexity index is 613. The molecule has 1 aromatic carbocycles. The molecule has 166 valence electrons. The molecule has 0 spiro atoms. The zero-order valence-corrected chi connectivity index (χ0v) is 20.8. The van der Waals surface area contributed by atoms with Gasteiger partial charge in [-0.05, 0) is 72.2 Å². The average Bonchev–Trinajstić information content (AvgIpc) is 2.59. The summed E-state index contributed by atoms with van der Waals surface area (Å²) in [6, 6.07) is 7.65. The van der Waals surface area contributed by atoms with Gasteiger partial charge in [-0.3, -0.25) is 4.79 Å². The van der Waals surface area contributed by atoms with Crippen LogP contribution in [0.4, 0.5) is 5.69 Å². The molecule has 1 aromatic rings. The third-order valence-corrected chi connectivity index (χ3v) is 3.35. The molecule has 0 saturated carbocycles.